The van der Waals surface area contributed by atoms with Gasteiger partial charge in [0.1, 0.15) is 5.75 Å². The minimum Gasteiger partial charge on any atom is -0.508 e. The zero-order valence-corrected chi connectivity index (χ0v) is 7.96. The van der Waals surface area contributed by atoms with Crippen molar-refractivity contribution in [2.75, 3.05) is 0 Å². The van der Waals surface area contributed by atoms with Gasteiger partial charge in [-0.3, -0.25) is 0 Å². The average molecular weight is 184 g/mol. The molecule has 2 aromatic rings. The summed E-state index contributed by atoms with van der Waals surface area (Å²) in [6.07, 6.45) is 3.68. The lowest BCUT2D eigenvalue weighted by Crippen LogP contribution is -1.84. The van der Waals surface area contributed by atoms with E-state index in [2.05, 4.69) is 12.1 Å². The van der Waals surface area contributed by atoms with Crippen molar-refractivity contribution in [3.8, 4) is 5.75 Å². The molecule has 70 valence electrons. The molecule has 0 aromatic heterocycles. The van der Waals surface area contributed by atoms with E-state index in [9.17, 15) is 5.11 Å². The van der Waals surface area contributed by atoms with E-state index in [1.807, 2.05) is 12.1 Å². The number of phenolic OH excluding ortho intramolecular Hbond substituents is 1. The summed E-state index contributed by atoms with van der Waals surface area (Å²) in [6, 6.07) is 9.97. The minimum absolute atomic E-state index is 0.357. The Morgan fingerprint density at radius 1 is 1.00 bits per heavy atom. The van der Waals surface area contributed by atoms with Crippen molar-refractivity contribution in [1.82, 2.24) is 0 Å². The normalized spacial score (nSPS) is 14.6. The van der Waals surface area contributed by atoms with Gasteiger partial charge in [-0.1, -0.05) is 18.2 Å². The number of rotatable bonds is 0. The van der Waals surface area contributed by atoms with Crippen LogP contribution in [0.25, 0.3) is 10.8 Å². The molecule has 1 aliphatic rings. The summed E-state index contributed by atoms with van der Waals surface area (Å²) in [5.74, 6) is 0.357. The average Bonchev–Trinajstić information content (AvgIpc) is 2.65. The predicted octanol–water partition coefficient (Wildman–Crippen LogP) is 3.03. The minimum atomic E-state index is 0.357. The molecule has 1 aliphatic carbocycles. The van der Waals surface area contributed by atoms with Crippen molar-refractivity contribution in [2.45, 2.75) is 19.3 Å². The van der Waals surface area contributed by atoms with Crippen LogP contribution >= 0.6 is 0 Å². The molecule has 2 aromatic carbocycles. The lowest BCUT2D eigenvalue weighted by atomic mass is 10.0. The fourth-order valence-corrected chi connectivity index (χ4v) is 2.41. The molecule has 0 aliphatic heterocycles. The van der Waals surface area contributed by atoms with Crippen LogP contribution in [0.2, 0.25) is 0 Å². The first-order valence-electron chi connectivity index (χ1n) is 5.08. The second kappa shape index (κ2) is 2.74. The SMILES string of the molecule is Oc1ccc2c3c(ccc2c1)CCC3. The molecular weight excluding hydrogens is 172 g/mol. The lowest BCUT2D eigenvalue weighted by molar-refractivity contribution is 0.476. The monoisotopic (exact) mass is 184 g/mol. The molecule has 0 amide bonds. The molecule has 0 fully saturated rings. The Kier molecular flexibility index (Phi) is 1.54. The highest BCUT2D eigenvalue weighted by Gasteiger charge is 2.13. The highest BCUT2D eigenvalue weighted by molar-refractivity contribution is 5.88. The number of benzene rings is 2. The van der Waals surface area contributed by atoms with E-state index in [1.54, 1.807) is 6.07 Å². The van der Waals surface area contributed by atoms with Crippen molar-refractivity contribution in [3.05, 3.63) is 41.5 Å². The molecule has 0 atom stereocenters. The smallest absolute Gasteiger partial charge is 0.116 e. The zero-order chi connectivity index (χ0) is 9.54. The second-order valence-electron chi connectivity index (χ2n) is 3.96. The van der Waals surface area contributed by atoms with Gasteiger partial charge >= 0.3 is 0 Å². The van der Waals surface area contributed by atoms with Gasteiger partial charge in [0, 0.05) is 0 Å². The van der Waals surface area contributed by atoms with Crippen LogP contribution in [0.4, 0.5) is 0 Å². The highest BCUT2D eigenvalue weighted by atomic mass is 16.3. The Morgan fingerprint density at radius 2 is 1.93 bits per heavy atom. The standard InChI is InChI=1S/C13H12O/c14-11-6-7-13-10(8-11)5-4-9-2-1-3-12(9)13/h4-8,14H,1-3H2. The molecule has 0 radical (unpaired) electrons. The molecule has 0 spiro atoms. The number of aromatic hydroxyl groups is 1. The van der Waals surface area contributed by atoms with Gasteiger partial charge in [-0.2, -0.15) is 0 Å². The summed E-state index contributed by atoms with van der Waals surface area (Å²) in [7, 11) is 0. The molecule has 0 bridgehead atoms. The van der Waals surface area contributed by atoms with E-state index >= 15 is 0 Å². The van der Waals surface area contributed by atoms with Gasteiger partial charge in [0.15, 0.2) is 0 Å². The van der Waals surface area contributed by atoms with Gasteiger partial charge in [0.2, 0.25) is 0 Å². The Bertz CT molecular complexity index is 500. The van der Waals surface area contributed by atoms with Crippen LogP contribution in [0, 0.1) is 0 Å². The van der Waals surface area contributed by atoms with E-state index in [0.29, 0.717) is 5.75 Å². The van der Waals surface area contributed by atoms with Crippen LogP contribution in [0.1, 0.15) is 17.5 Å². The third kappa shape index (κ3) is 1.02. The molecule has 3 rings (SSSR count). The Labute approximate surface area is 83.0 Å². The van der Waals surface area contributed by atoms with Crippen molar-refractivity contribution in [3.63, 3.8) is 0 Å². The van der Waals surface area contributed by atoms with Crippen LogP contribution in [0.15, 0.2) is 30.3 Å². The fourth-order valence-electron chi connectivity index (χ4n) is 2.41. The maximum absolute atomic E-state index is 9.38. The number of phenols is 1. The molecule has 14 heavy (non-hydrogen) atoms. The van der Waals surface area contributed by atoms with Gasteiger partial charge in [0.25, 0.3) is 0 Å². The maximum atomic E-state index is 9.38. The Hall–Kier alpha value is -1.50. The molecule has 1 nitrogen and oxygen atoms in total. The number of aryl methyl sites for hydroxylation is 2. The first-order chi connectivity index (χ1) is 6.84. The molecule has 0 unspecified atom stereocenters. The third-order valence-electron chi connectivity index (χ3n) is 3.08. The Balaban J connectivity index is 2.39. The summed E-state index contributed by atoms with van der Waals surface area (Å²) < 4.78 is 0. The topological polar surface area (TPSA) is 20.2 Å². The first kappa shape index (κ1) is 7.86. The van der Waals surface area contributed by atoms with E-state index in [1.165, 1.54) is 35.8 Å². The quantitative estimate of drug-likeness (QED) is 0.667. The summed E-state index contributed by atoms with van der Waals surface area (Å²) >= 11 is 0. The van der Waals surface area contributed by atoms with Crippen LogP contribution in [-0.4, -0.2) is 5.11 Å². The maximum Gasteiger partial charge on any atom is 0.116 e. The van der Waals surface area contributed by atoms with Gasteiger partial charge in [0.05, 0.1) is 0 Å². The van der Waals surface area contributed by atoms with E-state index < -0.39 is 0 Å². The number of hydrogen-bond acceptors (Lipinski definition) is 1. The van der Waals surface area contributed by atoms with Gasteiger partial charge in [-0.05, 0) is 53.3 Å². The van der Waals surface area contributed by atoms with Crippen LogP contribution in [-0.2, 0) is 12.8 Å². The molecule has 0 saturated heterocycles. The van der Waals surface area contributed by atoms with Crippen LogP contribution < -0.4 is 0 Å². The largest absolute Gasteiger partial charge is 0.508 e. The van der Waals surface area contributed by atoms with Crippen molar-refractivity contribution >= 4 is 10.8 Å². The fraction of sp³-hybridized carbons (Fsp3) is 0.231. The van der Waals surface area contributed by atoms with Crippen molar-refractivity contribution < 1.29 is 5.11 Å². The van der Waals surface area contributed by atoms with E-state index in [-0.39, 0.29) is 0 Å². The van der Waals surface area contributed by atoms with E-state index in [4.69, 9.17) is 0 Å². The first-order valence-corrected chi connectivity index (χ1v) is 5.08. The van der Waals surface area contributed by atoms with Gasteiger partial charge < -0.3 is 5.11 Å². The van der Waals surface area contributed by atoms with Crippen molar-refractivity contribution in [2.24, 2.45) is 0 Å². The molecular formula is C13H12O. The zero-order valence-electron chi connectivity index (χ0n) is 7.96. The molecule has 0 heterocycles. The lowest BCUT2D eigenvalue weighted by Gasteiger charge is -2.05. The molecule has 1 heteroatoms. The van der Waals surface area contributed by atoms with Gasteiger partial charge in [-0.15, -0.1) is 0 Å². The van der Waals surface area contributed by atoms with Gasteiger partial charge in [-0.25, -0.2) is 0 Å². The number of fused-ring (bicyclic) bond motifs is 3. The predicted molar refractivity (Wildman–Crippen MR) is 57.6 cm³/mol. The highest BCUT2D eigenvalue weighted by Crippen LogP contribution is 2.31. The van der Waals surface area contributed by atoms with Crippen LogP contribution in [0.5, 0.6) is 5.75 Å². The van der Waals surface area contributed by atoms with E-state index in [0.717, 1.165) is 5.39 Å². The summed E-state index contributed by atoms with van der Waals surface area (Å²) in [5, 5.41) is 11.9. The second-order valence-corrected chi connectivity index (χ2v) is 3.96. The number of hydrogen-bond donors (Lipinski definition) is 1. The van der Waals surface area contributed by atoms with Crippen molar-refractivity contribution in [1.29, 1.82) is 0 Å². The Morgan fingerprint density at radius 3 is 2.86 bits per heavy atom. The summed E-state index contributed by atoms with van der Waals surface area (Å²) in [6.45, 7) is 0. The molecule has 1 N–H and O–H groups in total. The summed E-state index contributed by atoms with van der Waals surface area (Å²) in [5.41, 5.74) is 2.98. The van der Waals surface area contributed by atoms with Crippen LogP contribution in [0.3, 0.4) is 0 Å². The summed E-state index contributed by atoms with van der Waals surface area (Å²) in [4.78, 5) is 0. The molecule has 0 saturated carbocycles. The third-order valence-corrected chi connectivity index (χ3v) is 3.08.